The molecule has 4 nitrogen and oxygen atoms in total. The predicted molar refractivity (Wildman–Crippen MR) is 78.0 cm³/mol. The second kappa shape index (κ2) is 6.64. The standard InChI is InChI=1S/C14H22BrN3O/c1-3-4-5-10-6-8-11(9-7-10)13(19)12-14(15)16-17-18(12)2/h10-11H,3-9H2,1-2H3. The zero-order chi connectivity index (χ0) is 13.8. The van der Waals surface area contributed by atoms with Crippen LogP contribution in [-0.4, -0.2) is 20.8 Å². The zero-order valence-corrected chi connectivity index (χ0v) is 13.3. The van der Waals surface area contributed by atoms with E-state index in [1.54, 1.807) is 11.7 Å². The first kappa shape index (κ1) is 14.7. The first-order valence-electron chi connectivity index (χ1n) is 7.22. The molecule has 0 aromatic carbocycles. The number of hydrogen-bond acceptors (Lipinski definition) is 3. The van der Waals surface area contributed by atoms with Crippen LogP contribution in [-0.2, 0) is 7.05 Å². The summed E-state index contributed by atoms with van der Waals surface area (Å²) < 4.78 is 2.16. The lowest BCUT2D eigenvalue weighted by Gasteiger charge is -2.27. The Balaban J connectivity index is 1.93. The van der Waals surface area contributed by atoms with Gasteiger partial charge in [0.2, 0.25) is 0 Å². The third-order valence-electron chi connectivity index (χ3n) is 4.20. The van der Waals surface area contributed by atoms with Gasteiger partial charge in [-0.15, -0.1) is 5.10 Å². The van der Waals surface area contributed by atoms with Gasteiger partial charge in [-0.25, -0.2) is 4.68 Å². The molecule has 0 atom stereocenters. The highest BCUT2D eigenvalue weighted by molar-refractivity contribution is 9.10. The molecule has 1 aromatic rings. The van der Waals surface area contributed by atoms with Crippen LogP contribution >= 0.6 is 15.9 Å². The number of rotatable bonds is 5. The van der Waals surface area contributed by atoms with Crippen molar-refractivity contribution in [3.05, 3.63) is 10.3 Å². The Morgan fingerprint density at radius 3 is 2.58 bits per heavy atom. The molecule has 1 heterocycles. The van der Waals surface area contributed by atoms with Gasteiger partial charge in [0.15, 0.2) is 10.4 Å². The smallest absolute Gasteiger partial charge is 0.186 e. The van der Waals surface area contributed by atoms with Crippen LogP contribution in [0.15, 0.2) is 4.60 Å². The Bertz CT molecular complexity index is 416. The topological polar surface area (TPSA) is 47.8 Å². The van der Waals surface area contributed by atoms with Crippen LogP contribution < -0.4 is 0 Å². The third-order valence-corrected chi connectivity index (χ3v) is 4.74. The highest BCUT2D eigenvalue weighted by Gasteiger charge is 2.29. The van der Waals surface area contributed by atoms with Crippen LogP contribution in [0.4, 0.5) is 0 Å². The van der Waals surface area contributed by atoms with Crippen molar-refractivity contribution < 1.29 is 4.79 Å². The zero-order valence-electron chi connectivity index (χ0n) is 11.7. The van der Waals surface area contributed by atoms with Gasteiger partial charge in [0.25, 0.3) is 0 Å². The summed E-state index contributed by atoms with van der Waals surface area (Å²) in [7, 11) is 1.78. The fourth-order valence-electron chi connectivity index (χ4n) is 2.99. The van der Waals surface area contributed by atoms with E-state index in [0.717, 1.165) is 18.8 Å². The van der Waals surface area contributed by atoms with Crippen LogP contribution in [0.5, 0.6) is 0 Å². The molecule has 2 rings (SSSR count). The molecule has 0 saturated heterocycles. The molecule has 0 spiro atoms. The summed E-state index contributed by atoms with van der Waals surface area (Å²) >= 11 is 3.32. The van der Waals surface area contributed by atoms with Crippen molar-refractivity contribution in [1.29, 1.82) is 0 Å². The van der Waals surface area contributed by atoms with Gasteiger partial charge in [-0.3, -0.25) is 4.79 Å². The summed E-state index contributed by atoms with van der Waals surface area (Å²) in [5.74, 6) is 1.19. The maximum absolute atomic E-state index is 12.5. The quantitative estimate of drug-likeness (QED) is 0.773. The van der Waals surface area contributed by atoms with Crippen molar-refractivity contribution in [3.63, 3.8) is 0 Å². The fraction of sp³-hybridized carbons (Fsp3) is 0.786. The van der Waals surface area contributed by atoms with E-state index in [9.17, 15) is 4.79 Å². The first-order valence-corrected chi connectivity index (χ1v) is 8.02. The van der Waals surface area contributed by atoms with Gasteiger partial charge in [0.05, 0.1) is 0 Å². The lowest BCUT2D eigenvalue weighted by atomic mass is 9.77. The molecule has 0 bridgehead atoms. The second-order valence-electron chi connectivity index (χ2n) is 5.58. The van der Waals surface area contributed by atoms with Crippen molar-refractivity contribution in [1.82, 2.24) is 15.0 Å². The molecular formula is C14H22BrN3O. The number of halogens is 1. The van der Waals surface area contributed by atoms with E-state index < -0.39 is 0 Å². The van der Waals surface area contributed by atoms with Crippen LogP contribution in [0.1, 0.15) is 62.4 Å². The van der Waals surface area contributed by atoms with Crippen molar-refractivity contribution >= 4 is 21.7 Å². The summed E-state index contributed by atoms with van der Waals surface area (Å²) in [5, 5.41) is 7.78. The highest BCUT2D eigenvalue weighted by Crippen LogP contribution is 2.34. The number of hydrogen-bond donors (Lipinski definition) is 0. The fourth-order valence-corrected chi connectivity index (χ4v) is 3.52. The number of carbonyl (C=O) groups is 1. The van der Waals surface area contributed by atoms with Crippen LogP contribution in [0.2, 0.25) is 0 Å². The summed E-state index contributed by atoms with van der Waals surface area (Å²) in [6.45, 7) is 2.24. The molecule has 0 amide bonds. The van der Waals surface area contributed by atoms with E-state index in [0.29, 0.717) is 10.3 Å². The molecule has 0 radical (unpaired) electrons. The Morgan fingerprint density at radius 1 is 1.37 bits per heavy atom. The number of Topliss-reactive ketones (excluding diaryl/α,β-unsaturated/α-hetero) is 1. The number of ketones is 1. The summed E-state index contributed by atoms with van der Waals surface area (Å²) in [4.78, 5) is 12.5. The molecule has 106 valence electrons. The van der Waals surface area contributed by atoms with Gasteiger partial charge in [-0.05, 0) is 47.5 Å². The summed E-state index contributed by atoms with van der Waals surface area (Å²) in [6.07, 6.45) is 8.34. The van der Waals surface area contributed by atoms with Gasteiger partial charge in [-0.1, -0.05) is 31.4 Å². The molecule has 1 fully saturated rings. The minimum atomic E-state index is 0.159. The van der Waals surface area contributed by atoms with E-state index in [-0.39, 0.29) is 11.7 Å². The Morgan fingerprint density at radius 2 is 2.05 bits per heavy atom. The van der Waals surface area contributed by atoms with Gasteiger partial charge >= 0.3 is 0 Å². The maximum Gasteiger partial charge on any atom is 0.186 e. The third kappa shape index (κ3) is 3.44. The minimum Gasteiger partial charge on any atom is -0.292 e. The molecule has 0 N–H and O–H groups in total. The molecule has 19 heavy (non-hydrogen) atoms. The van der Waals surface area contributed by atoms with E-state index >= 15 is 0 Å². The van der Waals surface area contributed by atoms with Crippen molar-refractivity contribution in [2.24, 2.45) is 18.9 Å². The van der Waals surface area contributed by atoms with E-state index in [4.69, 9.17) is 0 Å². The molecule has 1 aromatic heterocycles. The van der Waals surface area contributed by atoms with Crippen LogP contribution in [0.3, 0.4) is 0 Å². The summed E-state index contributed by atoms with van der Waals surface area (Å²) in [6, 6.07) is 0. The number of unbranched alkanes of at least 4 members (excludes halogenated alkanes) is 1. The lowest BCUT2D eigenvalue weighted by Crippen LogP contribution is -2.24. The average molecular weight is 328 g/mol. The number of aryl methyl sites for hydroxylation is 1. The van der Waals surface area contributed by atoms with Crippen molar-refractivity contribution in [3.8, 4) is 0 Å². The predicted octanol–water partition coefficient (Wildman–Crippen LogP) is 3.76. The van der Waals surface area contributed by atoms with Gasteiger partial charge in [0.1, 0.15) is 5.69 Å². The SMILES string of the molecule is CCCCC1CCC(C(=O)c2c(Br)nnn2C)CC1. The molecule has 5 heteroatoms. The molecule has 1 aliphatic carbocycles. The minimum absolute atomic E-state index is 0.159. The normalized spacial score (nSPS) is 23.5. The average Bonchev–Trinajstić information content (AvgIpc) is 2.76. The van der Waals surface area contributed by atoms with Crippen molar-refractivity contribution in [2.75, 3.05) is 0 Å². The Hall–Kier alpha value is -0.710. The highest BCUT2D eigenvalue weighted by atomic mass is 79.9. The van der Waals surface area contributed by atoms with Crippen LogP contribution in [0, 0.1) is 11.8 Å². The lowest BCUT2D eigenvalue weighted by molar-refractivity contribution is 0.0858. The molecule has 1 saturated carbocycles. The second-order valence-corrected chi connectivity index (χ2v) is 6.33. The molecule has 0 unspecified atom stereocenters. The van der Waals surface area contributed by atoms with Gasteiger partial charge in [0, 0.05) is 13.0 Å². The number of nitrogens with zero attached hydrogens (tertiary/aromatic N) is 3. The number of aromatic nitrogens is 3. The van der Waals surface area contributed by atoms with Gasteiger partial charge < -0.3 is 0 Å². The Kier molecular flexibility index (Phi) is 5.13. The summed E-state index contributed by atoms with van der Waals surface area (Å²) in [5.41, 5.74) is 0.622. The molecule has 1 aliphatic rings. The largest absolute Gasteiger partial charge is 0.292 e. The van der Waals surface area contributed by atoms with Crippen LogP contribution in [0.25, 0.3) is 0 Å². The molecule has 0 aliphatic heterocycles. The van der Waals surface area contributed by atoms with E-state index in [1.807, 2.05) is 0 Å². The number of carbonyl (C=O) groups excluding carboxylic acids is 1. The molecular weight excluding hydrogens is 306 g/mol. The van der Waals surface area contributed by atoms with E-state index in [1.165, 1.54) is 32.1 Å². The van der Waals surface area contributed by atoms with Gasteiger partial charge in [-0.2, -0.15) is 0 Å². The monoisotopic (exact) mass is 327 g/mol. The maximum atomic E-state index is 12.5. The first-order chi connectivity index (χ1) is 9.13. The van der Waals surface area contributed by atoms with E-state index in [2.05, 4.69) is 33.2 Å². The van der Waals surface area contributed by atoms with Crippen molar-refractivity contribution in [2.45, 2.75) is 51.9 Å². The Labute approximate surface area is 123 Å².